The molecular formula is C25H32N2O5. The second-order valence-corrected chi connectivity index (χ2v) is 7.68. The second-order valence-electron chi connectivity index (χ2n) is 7.68. The maximum absolute atomic E-state index is 12.6. The van der Waals surface area contributed by atoms with E-state index in [1.54, 1.807) is 49.3 Å². The number of ether oxygens (including phenoxy) is 2. The molecule has 2 amide bonds. The molecule has 0 atom stereocenters. The van der Waals surface area contributed by atoms with Gasteiger partial charge >= 0.3 is 0 Å². The minimum atomic E-state index is -0.0486. The lowest BCUT2D eigenvalue weighted by molar-refractivity contribution is -0.131. The number of nitrogens with zero attached hydrogens (tertiary/aromatic N) is 2. The number of hydrogen-bond donors (Lipinski definition) is 0. The number of methoxy groups -OCH3 is 1. The lowest BCUT2D eigenvalue weighted by atomic mass is 10.1. The van der Waals surface area contributed by atoms with E-state index in [9.17, 15) is 14.4 Å². The molecule has 0 fully saturated rings. The third-order valence-corrected chi connectivity index (χ3v) is 5.08. The molecule has 0 aromatic heterocycles. The van der Waals surface area contributed by atoms with Crippen molar-refractivity contribution in [2.24, 2.45) is 0 Å². The maximum atomic E-state index is 12.6. The van der Waals surface area contributed by atoms with Gasteiger partial charge in [0.25, 0.3) is 5.91 Å². The Kier molecular flexibility index (Phi) is 9.25. The molecule has 7 nitrogen and oxygen atoms in total. The highest BCUT2D eigenvalue weighted by Gasteiger charge is 2.14. The number of hydrogen-bond acceptors (Lipinski definition) is 5. The van der Waals surface area contributed by atoms with Gasteiger partial charge in [-0.1, -0.05) is 12.1 Å². The summed E-state index contributed by atoms with van der Waals surface area (Å²) >= 11 is 0. The van der Waals surface area contributed by atoms with Crippen molar-refractivity contribution in [3.05, 3.63) is 59.2 Å². The fourth-order valence-electron chi connectivity index (χ4n) is 3.18. The summed E-state index contributed by atoms with van der Waals surface area (Å²) < 4.78 is 11.1. The minimum Gasteiger partial charge on any atom is -0.493 e. The summed E-state index contributed by atoms with van der Waals surface area (Å²) in [7, 11) is 4.96. The number of rotatable bonds is 11. The van der Waals surface area contributed by atoms with Crippen molar-refractivity contribution in [1.82, 2.24) is 9.80 Å². The average molecular weight is 441 g/mol. The van der Waals surface area contributed by atoms with Crippen molar-refractivity contribution in [3.63, 3.8) is 0 Å². The zero-order valence-electron chi connectivity index (χ0n) is 19.5. The van der Waals surface area contributed by atoms with Crippen molar-refractivity contribution >= 4 is 17.6 Å². The van der Waals surface area contributed by atoms with Crippen molar-refractivity contribution in [2.45, 2.75) is 33.2 Å². The van der Waals surface area contributed by atoms with Crippen molar-refractivity contribution in [3.8, 4) is 11.5 Å². The second kappa shape index (κ2) is 11.9. The van der Waals surface area contributed by atoms with Gasteiger partial charge in [0.15, 0.2) is 17.3 Å². The summed E-state index contributed by atoms with van der Waals surface area (Å²) in [6.45, 7) is 4.89. The molecule has 0 saturated heterocycles. The van der Waals surface area contributed by atoms with E-state index >= 15 is 0 Å². The van der Waals surface area contributed by atoms with Crippen LogP contribution in [0, 0.1) is 0 Å². The normalized spacial score (nSPS) is 10.4. The van der Waals surface area contributed by atoms with Gasteiger partial charge in [-0.05, 0) is 56.2 Å². The Morgan fingerprint density at radius 2 is 1.59 bits per heavy atom. The highest BCUT2D eigenvalue weighted by molar-refractivity contribution is 5.95. The largest absolute Gasteiger partial charge is 0.493 e. The Labute approximate surface area is 189 Å². The van der Waals surface area contributed by atoms with E-state index in [1.807, 2.05) is 19.1 Å². The Morgan fingerprint density at radius 1 is 0.938 bits per heavy atom. The predicted molar refractivity (Wildman–Crippen MR) is 123 cm³/mol. The molecule has 0 aliphatic rings. The third kappa shape index (κ3) is 6.83. The highest BCUT2D eigenvalue weighted by atomic mass is 16.5. The zero-order valence-corrected chi connectivity index (χ0v) is 19.5. The van der Waals surface area contributed by atoms with Crippen molar-refractivity contribution in [1.29, 1.82) is 0 Å². The molecule has 0 N–H and O–H groups in total. The summed E-state index contributed by atoms with van der Waals surface area (Å²) in [6, 6.07) is 12.4. The molecule has 172 valence electrons. The SMILES string of the molecule is CCN(Cc1ccc(C(=O)N(C)C)cc1)C(=O)CCCOc1ccc(C(C)=O)cc1OC. The van der Waals surface area contributed by atoms with Crippen molar-refractivity contribution < 1.29 is 23.9 Å². The Balaban J connectivity index is 1.86. The van der Waals surface area contributed by atoms with E-state index in [4.69, 9.17) is 9.47 Å². The molecule has 0 spiro atoms. The molecular weight excluding hydrogens is 408 g/mol. The molecule has 0 heterocycles. The summed E-state index contributed by atoms with van der Waals surface area (Å²) in [5, 5.41) is 0. The summed E-state index contributed by atoms with van der Waals surface area (Å²) in [4.78, 5) is 39.5. The van der Waals surface area contributed by atoms with E-state index in [0.717, 1.165) is 5.56 Å². The van der Waals surface area contributed by atoms with Gasteiger partial charge < -0.3 is 19.3 Å². The smallest absolute Gasteiger partial charge is 0.253 e. The van der Waals surface area contributed by atoms with Crippen LogP contribution in [0.1, 0.15) is 53.0 Å². The lowest BCUT2D eigenvalue weighted by Gasteiger charge is -2.21. The van der Waals surface area contributed by atoms with Crippen LogP contribution in [-0.4, -0.2) is 61.8 Å². The molecule has 0 aliphatic carbocycles. The highest BCUT2D eigenvalue weighted by Crippen LogP contribution is 2.28. The quantitative estimate of drug-likeness (QED) is 0.392. The topological polar surface area (TPSA) is 76.2 Å². The first-order chi connectivity index (χ1) is 15.3. The van der Waals surface area contributed by atoms with Crippen LogP contribution < -0.4 is 9.47 Å². The number of benzene rings is 2. The predicted octanol–water partition coefficient (Wildman–Crippen LogP) is 3.81. The fourth-order valence-corrected chi connectivity index (χ4v) is 3.18. The van der Waals surface area contributed by atoms with Crippen LogP contribution in [0.15, 0.2) is 42.5 Å². The van der Waals surface area contributed by atoms with Crippen LogP contribution in [0.3, 0.4) is 0 Å². The number of amides is 2. The van der Waals surface area contributed by atoms with Gasteiger partial charge in [0.05, 0.1) is 13.7 Å². The number of Topliss-reactive ketones (excluding diaryl/α,β-unsaturated/α-hetero) is 1. The number of ketones is 1. The zero-order chi connectivity index (χ0) is 23.7. The Morgan fingerprint density at radius 3 is 2.16 bits per heavy atom. The van der Waals surface area contributed by atoms with Crippen LogP contribution >= 0.6 is 0 Å². The van der Waals surface area contributed by atoms with E-state index in [1.165, 1.54) is 18.9 Å². The summed E-state index contributed by atoms with van der Waals surface area (Å²) in [5.41, 5.74) is 2.15. The van der Waals surface area contributed by atoms with Gasteiger partial charge in [0.2, 0.25) is 5.91 Å². The molecule has 2 aromatic rings. The van der Waals surface area contributed by atoms with Crippen LogP contribution in [-0.2, 0) is 11.3 Å². The van der Waals surface area contributed by atoms with Gasteiger partial charge in [-0.2, -0.15) is 0 Å². The molecule has 0 saturated carbocycles. The first-order valence-corrected chi connectivity index (χ1v) is 10.7. The first-order valence-electron chi connectivity index (χ1n) is 10.7. The van der Waals surface area contributed by atoms with Crippen LogP contribution in [0.4, 0.5) is 0 Å². The number of carbonyl (C=O) groups excluding carboxylic acids is 3. The summed E-state index contributed by atoms with van der Waals surface area (Å²) in [5.74, 6) is 0.995. The molecule has 0 bridgehead atoms. The van der Waals surface area contributed by atoms with Crippen molar-refractivity contribution in [2.75, 3.05) is 34.4 Å². The molecule has 2 aromatic carbocycles. The fraction of sp³-hybridized carbons (Fsp3) is 0.400. The van der Waals surface area contributed by atoms with Gasteiger partial charge in [0.1, 0.15) is 0 Å². The average Bonchev–Trinajstić information content (AvgIpc) is 2.79. The van der Waals surface area contributed by atoms with Gasteiger partial charge in [0, 0.05) is 44.7 Å². The monoisotopic (exact) mass is 440 g/mol. The molecule has 32 heavy (non-hydrogen) atoms. The Bertz CT molecular complexity index is 938. The van der Waals surface area contributed by atoms with Crippen LogP contribution in [0.5, 0.6) is 11.5 Å². The molecule has 7 heteroatoms. The maximum Gasteiger partial charge on any atom is 0.253 e. The Hall–Kier alpha value is -3.35. The molecule has 0 unspecified atom stereocenters. The van der Waals surface area contributed by atoms with Gasteiger partial charge in [-0.25, -0.2) is 0 Å². The van der Waals surface area contributed by atoms with E-state index < -0.39 is 0 Å². The molecule has 2 rings (SSSR count). The van der Waals surface area contributed by atoms with Crippen LogP contribution in [0.25, 0.3) is 0 Å². The lowest BCUT2D eigenvalue weighted by Crippen LogP contribution is -2.30. The molecule has 0 radical (unpaired) electrons. The van der Waals surface area contributed by atoms with E-state index in [-0.39, 0.29) is 17.6 Å². The third-order valence-electron chi connectivity index (χ3n) is 5.08. The van der Waals surface area contributed by atoms with Gasteiger partial charge in [-0.3, -0.25) is 14.4 Å². The number of carbonyl (C=O) groups is 3. The first kappa shape index (κ1) is 24.9. The minimum absolute atomic E-state index is 0.0426. The molecule has 0 aliphatic heterocycles. The van der Waals surface area contributed by atoms with Crippen LogP contribution in [0.2, 0.25) is 0 Å². The van der Waals surface area contributed by atoms with E-state index in [0.29, 0.717) is 55.2 Å². The summed E-state index contributed by atoms with van der Waals surface area (Å²) in [6.07, 6.45) is 0.919. The standard InChI is InChI=1S/C25H32N2O5/c1-6-27(17-19-9-11-20(12-10-19)25(30)26(3)4)24(29)8-7-15-32-22-14-13-21(18(2)28)16-23(22)31-5/h9-14,16H,6-8,15,17H2,1-5H3. The van der Waals surface area contributed by atoms with Gasteiger partial charge in [-0.15, -0.1) is 0 Å². The van der Waals surface area contributed by atoms with E-state index in [2.05, 4.69) is 0 Å².